The van der Waals surface area contributed by atoms with Crippen molar-refractivity contribution < 1.29 is 49.6 Å². The van der Waals surface area contributed by atoms with E-state index in [4.69, 9.17) is 49.6 Å². The number of hydrogen-bond donors (Lipinski definition) is 0. The van der Waals surface area contributed by atoms with Crippen molar-refractivity contribution in [2.75, 3.05) is 93.5 Å². The minimum absolute atomic E-state index is 0.466. The Morgan fingerprint density at radius 2 is 0.568 bits per heavy atom. The molecule has 15 heteroatoms. The number of methoxy groups -OCH3 is 2. The Morgan fingerprint density at radius 1 is 0.324 bits per heavy atom. The van der Waals surface area contributed by atoms with Crippen LogP contribution in [0.5, 0.6) is 0 Å². The Bertz CT molecular complexity index is 509. The molecule has 0 bridgehead atoms. The Morgan fingerprint density at radius 3 is 0.865 bits per heavy atom. The van der Waals surface area contributed by atoms with Crippen molar-refractivity contribution in [3.8, 4) is 0 Å². The van der Waals surface area contributed by atoms with Crippen molar-refractivity contribution in [3.63, 3.8) is 0 Å². The molecule has 0 saturated heterocycles. The minimum atomic E-state index is -2.51. The maximum absolute atomic E-state index is 6.51. The van der Waals surface area contributed by atoms with Gasteiger partial charge in [0.15, 0.2) is 0 Å². The van der Waals surface area contributed by atoms with Gasteiger partial charge in [-0.05, 0) is 52.4 Å². The quantitative estimate of drug-likeness (QED) is 0.107. The first kappa shape index (κ1) is 37.4. The molecule has 37 heavy (non-hydrogen) atoms. The van der Waals surface area contributed by atoms with Crippen LogP contribution in [0.1, 0.15) is 0 Å². The second kappa shape index (κ2) is 20.3. The standard InChI is InChI=1S/C22H54O11Si4/c1-23-11-13-25-15-17-27-19-21-29-34(3,4)31-36(7,8)33-37(9,10)32-35(5,6)30-22-20-28-18-16-26-14-12-24-2/h11-22H2,1-10H3. The van der Waals surface area contributed by atoms with Crippen LogP contribution in [0.25, 0.3) is 0 Å². The van der Waals surface area contributed by atoms with Gasteiger partial charge in [0, 0.05) is 14.2 Å². The van der Waals surface area contributed by atoms with Crippen LogP contribution in [-0.2, 0) is 49.6 Å². The van der Waals surface area contributed by atoms with Crippen LogP contribution >= 0.6 is 0 Å². The van der Waals surface area contributed by atoms with E-state index < -0.39 is 34.2 Å². The molecule has 0 aromatic carbocycles. The number of rotatable bonds is 26. The van der Waals surface area contributed by atoms with Crippen LogP contribution in [0, 0.1) is 0 Å². The normalized spacial score (nSPS) is 13.5. The molecule has 0 spiro atoms. The molecular formula is C22H54O11Si4. The van der Waals surface area contributed by atoms with E-state index in [1.807, 2.05) is 52.4 Å². The lowest BCUT2D eigenvalue weighted by atomic mass is 10.7. The first-order valence-corrected chi connectivity index (χ1v) is 24.2. The third-order valence-electron chi connectivity index (χ3n) is 4.44. The summed E-state index contributed by atoms with van der Waals surface area (Å²) < 4.78 is 63.2. The van der Waals surface area contributed by atoms with Gasteiger partial charge in [-0.15, -0.1) is 0 Å². The monoisotopic (exact) mass is 606 g/mol. The molecule has 0 rings (SSSR count). The maximum Gasteiger partial charge on any atom is 0.323 e. The fraction of sp³-hybridized carbons (Fsp3) is 1.00. The minimum Gasteiger partial charge on any atom is -0.416 e. The van der Waals surface area contributed by atoms with Gasteiger partial charge in [-0.1, -0.05) is 0 Å². The van der Waals surface area contributed by atoms with Crippen molar-refractivity contribution in [1.29, 1.82) is 0 Å². The molecule has 11 nitrogen and oxygen atoms in total. The van der Waals surface area contributed by atoms with E-state index in [1.165, 1.54) is 0 Å². The molecule has 224 valence electrons. The summed E-state index contributed by atoms with van der Waals surface area (Å²) in [7, 11) is -6.54. The molecule has 0 heterocycles. The lowest BCUT2D eigenvalue weighted by Crippen LogP contribution is -2.57. The predicted octanol–water partition coefficient (Wildman–Crippen LogP) is 3.24. The van der Waals surface area contributed by atoms with E-state index in [2.05, 4.69) is 0 Å². The summed E-state index contributed by atoms with van der Waals surface area (Å²) in [6.07, 6.45) is 0. The Balaban J connectivity index is 4.26. The zero-order valence-corrected chi connectivity index (χ0v) is 29.0. The second-order valence-electron chi connectivity index (χ2n) is 10.0. The van der Waals surface area contributed by atoms with Gasteiger partial charge in [-0.25, -0.2) is 0 Å². The molecule has 0 unspecified atom stereocenters. The van der Waals surface area contributed by atoms with Gasteiger partial charge in [0.2, 0.25) is 0 Å². The molecule has 0 aliphatic heterocycles. The molecule has 0 aliphatic carbocycles. The molecule has 0 fully saturated rings. The highest BCUT2D eigenvalue weighted by Crippen LogP contribution is 2.24. The second-order valence-corrected chi connectivity index (χ2v) is 24.3. The molecule has 0 amide bonds. The van der Waals surface area contributed by atoms with E-state index in [0.29, 0.717) is 79.3 Å². The van der Waals surface area contributed by atoms with E-state index >= 15 is 0 Å². The molecule has 0 aromatic heterocycles. The summed E-state index contributed by atoms with van der Waals surface area (Å²) >= 11 is 0. The highest BCUT2D eigenvalue weighted by Gasteiger charge is 2.44. The van der Waals surface area contributed by atoms with Crippen molar-refractivity contribution in [1.82, 2.24) is 0 Å². The van der Waals surface area contributed by atoms with E-state index in [1.54, 1.807) is 14.2 Å². The van der Waals surface area contributed by atoms with Crippen molar-refractivity contribution in [2.24, 2.45) is 0 Å². The SMILES string of the molecule is COCCOCCOCCO[Si](C)(C)O[Si](C)(C)O[Si](C)(C)O[Si](C)(C)OCCOCCOCCOC. The van der Waals surface area contributed by atoms with E-state index in [-0.39, 0.29) is 0 Å². The van der Waals surface area contributed by atoms with Crippen LogP contribution in [-0.4, -0.2) is 128 Å². The predicted molar refractivity (Wildman–Crippen MR) is 152 cm³/mol. The first-order chi connectivity index (χ1) is 17.2. The summed E-state index contributed by atoms with van der Waals surface area (Å²) in [6.45, 7) is 22.6. The highest BCUT2D eigenvalue weighted by molar-refractivity contribution is 6.87. The molecule has 0 aliphatic rings. The van der Waals surface area contributed by atoms with Gasteiger partial charge in [-0.3, -0.25) is 0 Å². The third-order valence-corrected chi connectivity index (χ3v) is 18.0. The first-order valence-electron chi connectivity index (χ1n) is 12.9. The Hall–Kier alpha value is 0.428. The molecule has 0 saturated carbocycles. The van der Waals surface area contributed by atoms with Crippen LogP contribution in [0.4, 0.5) is 0 Å². The lowest BCUT2D eigenvalue weighted by Gasteiger charge is -2.40. The van der Waals surface area contributed by atoms with Gasteiger partial charge in [0.25, 0.3) is 0 Å². The summed E-state index contributed by atoms with van der Waals surface area (Å²) in [5.41, 5.74) is 0. The Kier molecular flexibility index (Phi) is 20.6. The van der Waals surface area contributed by atoms with Crippen molar-refractivity contribution >= 4 is 34.2 Å². The maximum atomic E-state index is 6.51. The van der Waals surface area contributed by atoms with E-state index in [9.17, 15) is 0 Å². The van der Waals surface area contributed by atoms with Crippen molar-refractivity contribution in [2.45, 2.75) is 52.4 Å². The molecule has 0 radical (unpaired) electrons. The zero-order valence-electron chi connectivity index (χ0n) is 25.0. The van der Waals surface area contributed by atoms with Gasteiger partial charge < -0.3 is 49.6 Å². The molecule has 0 N–H and O–H groups in total. The summed E-state index contributed by atoms with van der Waals surface area (Å²) in [4.78, 5) is 0. The molecular weight excluding hydrogens is 553 g/mol. The molecule has 0 aromatic rings. The summed E-state index contributed by atoms with van der Waals surface area (Å²) in [5, 5.41) is 0. The third kappa shape index (κ3) is 24.0. The smallest absolute Gasteiger partial charge is 0.323 e. The summed E-state index contributed by atoms with van der Waals surface area (Å²) in [5.74, 6) is 0. The van der Waals surface area contributed by atoms with Gasteiger partial charge in [0.05, 0.1) is 79.3 Å². The lowest BCUT2D eigenvalue weighted by molar-refractivity contribution is 0.0155. The van der Waals surface area contributed by atoms with Crippen LogP contribution in [0.2, 0.25) is 52.4 Å². The number of hydrogen-bond acceptors (Lipinski definition) is 11. The molecule has 0 atom stereocenters. The average Bonchev–Trinajstić information content (AvgIpc) is 2.74. The topological polar surface area (TPSA) is 102 Å². The highest BCUT2D eigenvalue weighted by atomic mass is 28.5. The fourth-order valence-corrected chi connectivity index (χ4v) is 20.4. The van der Waals surface area contributed by atoms with Gasteiger partial charge in [-0.2, -0.15) is 0 Å². The van der Waals surface area contributed by atoms with Gasteiger partial charge in [0.1, 0.15) is 0 Å². The fourth-order valence-electron chi connectivity index (χ4n) is 3.50. The van der Waals surface area contributed by atoms with Crippen molar-refractivity contribution in [3.05, 3.63) is 0 Å². The van der Waals surface area contributed by atoms with Gasteiger partial charge >= 0.3 is 34.2 Å². The average molecular weight is 607 g/mol. The zero-order chi connectivity index (χ0) is 28.3. The largest absolute Gasteiger partial charge is 0.416 e. The van der Waals surface area contributed by atoms with Crippen LogP contribution in [0.15, 0.2) is 0 Å². The van der Waals surface area contributed by atoms with E-state index in [0.717, 1.165) is 0 Å². The van der Waals surface area contributed by atoms with Crippen LogP contribution in [0.3, 0.4) is 0 Å². The van der Waals surface area contributed by atoms with Crippen LogP contribution < -0.4 is 0 Å². The summed E-state index contributed by atoms with van der Waals surface area (Å²) in [6, 6.07) is 0. The number of ether oxygens (including phenoxy) is 6. The Labute approximate surface area is 229 Å².